The first-order valence-corrected chi connectivity index (χ1v) is 4.27. The lowest BCUT2D eigenvalue weighted by Crippen LogP contribution is -2.03. The van der Waals surface area contributed by atoms with E-state index in [1.54, 1.807) is 0 Å². The fourth-order valence-electron chi connectivity index (χ4n) is 1.08. The van der Waals surface area contributed by atoms with Crippen LogP contribution in [0.15, 0.2) is 0 Å². The lowest BCUT2D eigenvalue weighted by atomic mass is 10.2. The van der Waals surface area contributed by atoms with Crippen molar-refractivity contribution in [1.29, 1.82) is 0 Å². The van der Waals surface area contributed by atoms with Crippen molar-refractivity contribution in [1.82, 2.24) is 9.78 Å². The van der Waals surface area contributed by atoms with E-state index in [9.17, 15) is 0 Å². The smallest absolute Gasteiger partial charge is 0.0625 e. The van der Waals surface area contributed by atoms with Crippen molar-refractivity contribution >= 4 is 11.6 Å². The van der Waals surface area contributed by atoms with Crippen LogP contribution in [-0.4, -0.2) is 15.7 Å². The van der Waals surface area contributed by atoms with Gasteiger partial charge >= 0.3 is 0 Å². The van der Waals surface area contributed by atoms with Crippen molar-refractivity contribution in [2.24, 2.45) is 0 Å². The van der Waals surface area contributed by atoms with E-state index in [2.05, 4.69) is 18.9 Å². The maximum Gasteiger partial charge on any atom is 0.0625 e. The molecule has 0 aromatic carbocycles. The Bertz CT molecular complexity index is 253. The molecule has 62 valence electrons. The number of nitrogens with zero attached hydrogens (tertiary/aromatic N) is 2. The van der Waals surface area contributed by atoms with Gasteiger partial charge in [-0.1, -0.05) is 0 Å². The van der Waals surface area contributed by atoms with Crippen molar-refractivity contribution in [2.45, 2.75) is 27.3 Å². The molecule has 0 spiro atoms. The summed E-state index contributed by atoms with van der Waals surface area (Å²) in [6.07, 6.45) is 0. The van der Waals surface area contributed by atoms with E-state index >= 15 is 0 Å². The predicted octanol–water partition coefficient (Wildman–Crippen LogP) is 2.05. The van der Waals surface area contributed by atoms with E-state index in [4.69, 9.17) is 11.6 Å². The van der Waals surface area contributed by atoms with Crippen LogP contribution < -0.4 is 0 Å². The second kappa shape index (κ2) is 3.26. The quantitative estimate of drug-likeness (QED) is 0.625. The normalized spacial score (nSPS) is 10.5. The summed E-state index contributed by atoms with van der Waals surface area (Å²) in [5, 5.41) is 4.33. The van der Waals surface area contributed by atoms with Crippen LogP contribution in [-0.2, 0) is 6.54 Å². The molecule has 0 aliphatic rings. The third-order valence-corrected chi connectivity index (χ3v) is 2.21. The molecule has 1 rings (SSSR count). The van der Waals surface area contributed by atoms with Gasteiger partial charge in [-0.05, 0) is 26.3 Å². The number of rotatable bonds is 2. The van der Waals surface area contributed by atoms with E-state index in [0.717, 1.165) is 12.2 Å². The average molecular weight is 173 g/mol. The Morgan fingerprint density at radius 1 is 1.36 bits per heavy atom. The largest absolute Gasteiger partial charge is 0.268 e. The molecule has 0 saturated carbocycles. The Kier molecular flexibility index (Phi) is 2.55. The Labute approximate surface area is 72.2 Å². The molecule has 0 fully saturated rings. The highest BCUT2D eigenvalue weighted by atomic mass is 35.5. The summed E-state index contributed by atoms with van der Waals surface area (Å²) >= 11 is 5.61. The molecule has 1 heterocycles. The summed E-state index contributed by atoms with van der Waals surface area (Å²) in [6.45, 7) is 6.99. The number of hydrogen-bond acceptors (Lipinski definition) is 1. The van der Waals surface area contributed by atoms with Crippen LogP contribution in [0.2, 0.25) is 0 Å². The van der Waals surface area contributed by atoms with Crippen LogP contribution in [0.5, 0.6) is 0 Å². The van der Waals surface area contributed by atoms with Crippen LogP contribution in [0.25, 0.3) is 0 Å². The minimum atomic E-state index is 0.626. The molecule has 1 aromatic heterocycles. The molecular weight excluding hydrogens is 160 g/mol. The van der Waals surface area contributed by atoms with Gasteiger partial charge in [0.25, 0.3) is 0 Å². The van der Waals surface area contributed by atoms with Gasteiger partial charge in [0.2, 0.25) is 0 Å². The highest BCUT2D eigenvalue weighted by Gasteiger charge is 2.05. The van der Waals surface area contributed by atoms with Crippen molar-refractivity contribution in [3.8, 4) is 0 Å². The lowest BCUT2D eigenvalue weighted by Gasteiger charge is -1.99. The molecule has 0 radical (unpaired) electrons. The molecule has 0 amide bonds. The minimum absolute atomic E-state index is 0.626. The SMILES string of the molecule is Cc1nn(CCCl)c(C)c1C. The molecule has 0 aliphatic carbocycles. The highest BCUT2D eigenvalue weighted by molar-refractivity contribution is 6.17. The van der Waals surface area contributed by atoms with E-state index < -0.39 is 0 Å². The van der Waals surface area contributed by atoms with Gasteiger partial charge in [-0.3, -0.25) is 4.68 Å². The van der Waals surface area contributed by atoms with Gasteiger partial charge in [-0.15, -0.1) is 11.6 Å². The molecule has 0 saturated heterocycles. The standard InChI is InChI=1S/C8H13ClN2/c1-6-7(2)10-11(5-4-9)8(6)3/h4-5H2,1-3H3. The van der Waals surface area contributed by atoms with Crippen molar-refractivity contribution in [3.63, 3.8) is 0 Å². The molecule has 0 bridgehead atoms. The molecule has 11 heavy (non-hydrogen) atoms. The molecule has 0 atom stereocenters. The van der Waals surface area contributed by atoms with Gasteiger partial charge in [0.15, 0.2) is 0 Å². The van der Waals surface area contributed by atoms with Gasteiger partial charge in [-0.2, -0.15) is 5.10 Å². The van der Waals surface area contributed by atoms with E-state index in [1.807, 2.05) is 11.6 Å². The average Bonchev–Trinajstić information content (AvgIpc) is 2.19. The molecule has 0 unspecified atom stereocenters. The zero-order chi connectivity index (χ0) is 8.43. The van der Waals surface area contributed by atoms with Crippen LogP contribution >= 0.6 is 11.6 Å². The first-order chi connectivity index (χ1) is 5.16. The molecular formula is C8H13ClN2. The summed E-state index contributed by atoms with van der Waals surface area (Å²) in [5.41, 5.74) is 3.60. The second-order valence-corrected chi connectivity index (χ2v) is 3.09. The number of aryl methyl sites for hydroxylation is 2. The Morgan fingerprint density at radius 3 is 2.36 bits per heavy atom. The van der Waals surface area contributed by atoms with E-state index in [0.29, 0.717) is 5.88 Å². The molecule has 3 heteroatoms. The van der Waals surface area contributed by atoms with Gasteiger partial charge < -0.3 is 0 Å². The van der Waals surface area contributed by atoms with Crippen LogP contribution in [0.3, 0.4) is 0 Å². The summed E-state index contributed by atoms with van der Waals surface area (Å²) < 4.78 is 1.96. The summed E-state index contributed by atoms with van der Waals surface area (Å²) in [6, 6.07) is 0. The zero-order valence-corrected chi connectivity index (χ0v) is 7.94. The number of hydrogen-bond donors (Lipinski definition) is 0. The third kappa shape index (κ3) is 1.56. The highest BCUT2D eigenvalue weighted by Crippen LogP contribution is 2.10. The Morgan fingerprint density at radius 2 is 2.00 bits per heavy atom. The first-order valence-electron chi connectivity index (χ1n) is 3.73. The van der Waals surface area contributed by atoms with Crippen molar-refractivity contribution in [2.75, 3.05) is 5.88 Å². The van der Waals surface area contributed by atoms with Crippen molar-refractivity contribution < 1.29 is 0 Å². The van der Waals surface area contributed by atoms with Crippen molar-refractivity contribution in [3.05, 3.63) is 17.0 Å². The van der Waals surface area contributed by atoms with Gasteiger partial charge in [0, 0.05) is 11.6 Å². The summed E-state index contributed by atoms with van der Waals surface area (Å²) in [5.74, 6) is 0.626. The lowest BCUT2D eigenvalue weighted by molar-refractivity contribution is 0.638. The molecule has 1 aromatic rings. The van der Waals surface area contributed by atoms with Gasteiger partial charge in [0.05, 0.1) is 12.2 Å². The van der Waals surface area contributed by atoms with Gasteiger partial charge in [0.1, 0.15) is 0 Å². The fourth-order valence-corrected chi connectivity index (χ4v) is 1.24. The summed E-state index contributed by atoms with van der Waals surface area (Å²) in [7, 11) is 0. The Hall–Kier alpha value is -0.500. The van der Waals surface area contributed by atoms with E-state index in [-0.39, 0.29) is 0 Å². The predicted molar refractivity (Wildman–Crippen MR) is 47.2 cm³/mol. The van der Waals surface area contributed by atoms with E-state index in [1.165, 1.54) is 11.3 Å². The summed E-state index contributed by atoms with van der Waals surface area (Å²) in [4.78, 5) is 0. The fraction of sp³-hybridized carbons (Fsp3) is 0.625. The number of alkyl halides is 1. The minimum Gasteiger partial charge on any atom is -0.268 e. The number of halogens is 1. The maximum atomic E-state index is 5.61. The van der Waals surface area contributed by atoms with Crippen LogP contribution in [0.4, 0.5) is 0 Å². The zero-order valence-electron chi connectivity index (χ0n) is 7.19. The molecule has 0 N–H and O–H groups in total. The van der Waals surface area contributed by atoms with Gasteiger partial charge in [-0.25, -0.2) is 0 Å². The molecule has 0 aliphatic heterocycles. The second-order valence-electron chi connectivity index (χ2n) is 2.71. The van der Waals surface area contributed by atoms with Crippen LogP contribution in [0.1, 0.15) is 17.0 Å². The topological polar surface area (TPSA) is 17.8 Å². The number of aromatic nitrogens is 2. The monoisotopic (exact) mass is 172 g/mol. The van der Waals surface area contributed by atoms with Crippen LogP contribution in [0, 0.1) is 20.8 Å². The maximum absolute atomic E-state index is 5.61. The Balaban J connectivity index is 2.98. The first kappa shape index (κ1) is 8.60. The third-order valence-electron chi connectivity index (χ3n) is 2.04. The molecule has 2 nitrogen and oxygen atoms in total.